The number of rotatable bonds is 2. The predicted octanol–water partition coefficient (Wildman–Crippen LogP) is 0.376. The number of amides is 2. The van der Waals surface area contributed by atoms with Crippen LogP contribution in [0.1, 0.15) is 29.0 Å². The minimum absolute atomic E-state index is 0.0279. The van der Waals surface area contributed by atoms with Gasteiger partial charge in [-0.25, -0.2) is 4.79 Å². The molecule has 29 heavy (non-hydrogen) atoms. The molecule has 1 aromatic heterocycles. The molecule has 0 spiro atoms. The molecule has 2 aromatic rings. The van der Waals surface area contributed by atoms with Crippen LogP contribution >= 0.6 is 0 Å². The first kappa shape index (κ1) is 19.2. The van der Waals surface area contributed by atoms with Crippen LogP contribution in [0.2, 0.25) is 0 Å². The van der Waals surface area contributed by atoms with Crippen LogP contribution < -0.4 is 11.2 Å². The third-order valence-corrected chi connectivity index (χ3v) is 6.24. The summed E-state index contributed by atoms with van der Waals surface area (Å²) >= 11 is 0. The van der Waals surface area contributed by atoms with Gasteiger partial charge in [-0.1, -0.05) is 30.3 Å². The molecule has 0 aliphatic carbocycles. The van der Waals surface area contributed by atoms with Crippen molar-refractivity contribution in [1.82, 2.24) is 18.9 Å². The van der Waals surface area contributed by atoms with Gasteiger partial charge in [0.05, 0.1) is 6.04 Å². The molecule has 2 saturated heterocycles. The van der Waals surface area contributed by atoms with E-state index in [0.717, 1.165) is 10.1 Å². The summed E-state index contributed by atoms with van der Waals surface area (Å²) in [5, 5.41) is 0. The van der Waals surface area contributed by atoms with E-state index in [0.29, 0.717) is 19.6 Å². The van der Waals surface area contributed by atoms with Gasteiger partial charge < -0.3 is 9.80 Å². The highest BCUT2D eigenvalue weighted by Gasteiger charge is 2.49. The number of carbonyl (C=O) groups is 2. The number of fused-ring (bicyclic) bond motifs is 1. The minimum atomic E-state index is -0.523. The molecule has 0 radical (unpaired) electrons. The van der Waals surface area contributed by atoms with E-state index in [9.17, 15) is 19.2 Å². The Morgan fingerprint density at radius 2 is 1.66 bits per heavy atom. The second kappa shape index (κ2) is 7.02. The van der Waals surface area contributed by atoms with Crippen molar-refractivity contribution in [2.45, 2.75) is 13.0 Å². The van der Waals surface area contributed by atoms with Crippen LogP contribution in [0, 0.1) is 11.8 Å². The van der Waals surface area contributed by atoms with Crippen molar-refractivity contribution in [1.29, 1.82) is 0 Å². The maximum absolute atomic E-state index is 13.1. The molecule has 2 fully saturated rings. The van der Waals surface area contributed by atoms with Gasteiger partial charge in [0.25, 0.3) is 11.5 Å². The van der Waals surface area contributed by atoms with Crippen LogP contribution in [0.4, 0.5) is 0 Å². The zero-order valence-electron chi connectivity index (χ0n) is 16.7. The number of nitrogens with zero attached hydrogens (tertiary/aromatic N) is 4. The maximum atomic E-state index is 13.1. The standard InChI is InChI=1S/C21H24N4O4/c1-13(26)25-11-15-10-24(12-16(15)19(25)14-7-5-4-6-8-14)20(28)17-9-18(27)23(3)21(29)22(17)2/h4-9,15-16,19H,10-12H2,1-3H3/t15-,16-,19+/m1/s1. The number of likely N-dealkylation sites (tertiary alicyclic amines) is 2. The van der Waals surface area contributed by atoms with Crippen molar-refractivity contribution in [2.75, 3.05) is 19.6 Å². The molecule has 2 aliphatic heterocycles. The molecule has 8 nitrogen and oxygen atoms in total. The highest BCUT2D eigenvalue weighted by Crippen LogP contribution is 2.45. The summed E-state index contributed by atoms with van der Waals surface area (Å²) in [6.45, 7) is 3.16. The van der Waals surface area contributed by atoms with E-state index < -0.39 is 11.2 Å². The topological polar surface area (TPSA) is 84.6 Å². The average molecular weight is 396 g/mol. The zero-order valence-corrected chi connectivity index (χ0v) is 16.7. The molecule has 0 bridgehead atoms. The highest BCUT2D eigenvalue weighted by atomic mass is 16.2. The van der Waals surface area contributed by atoms with Crippen molar-refractivity contribution in [3.8, 4) is 0 Å². The van der Waals surface area contributed by atoms with Gasteiger partial charge in [-0.05, 0) is 5.56 Å². The Bertz CT molecular complexity index is 1090. The molecule has 0 saturated carbocycles. The Balaban J connectivity index is 1.64. The van der Waals surface area contributed by atoms with E-state index in [2.05, 4.69) is 0 Å². The molecular weight excluding hydrogens is 372 g/mol. The first-order valence-electron chi connectivity index (χ1n) is 9.68. The quantitative estimate of drug-likeness (QED) is 0.735. The monoisotopic (exact) mass is 396 g/mol. The number of aromatic nitrogens is 2. The highest BCUT2D eigenvalue weighted by molar-refractivity contribution is 5.92. The molecular formula is C21H24N4O4. The van der Waals surface area contributed by atoms with Gasteiger partial charge in [0, 0.05) is 58.6 Å². The molecule has 152 valence electrons. The van der Waals surface area contributed by atoms with Crippen molar-refractivity contribution >= 4 is 11.8 Å². The Labute approximate surface area is 168 Å². The van der Waals surface area contributed by atoms with Crippen LogP contribution in [-0.2, 0) is 18.9 Å². The lowest BCUT2D eigenvalue weighted by atomic mass is 9.89. The van der Waals surface area contributed by atoms with Crippen LogP contribution in [-0.4, -0.2) is 50.4 Å². The molecule has 2 aliphatic rings. The van der Waals surface area contributed by atoms with E-state index in [-0.39, 0.29) is 35.4 Å². The zero-order chi connectivity index (χ0) is 20.9. The van der Waals surface area contributed by atoms with E-state index in [1.165, 1.54) is 24.7 Å². The summed E-state index contributed by atoms with van der Waals surface area (Å²) in [7, 11) is 2.89. The van der Waals surface area contributed by atoms with E-state index >= 15 is 0 Å². The molecule has 1 aromatic carbocycles. The summed E-state index contributed by atoms with van der Waals surface area (Å²) in [6, 6.07) is 11.0. The third kappa shape index (κ3) is 3.08. The fourth-order valence-corrected chi connectivity index (χ4v) is 4.71. The maximum Gasteiger partial charge on any atom is 0.331 e. The summed E-state index contributed by atoms with van der Waals surface area (Å²) in [4.78, 5) is 53.1. The number of benzene rings is 1. The Morgan fingerprint density at radius 1 is 0.966 bits per heavy atom. The van der Waals surface area contributed by atoms with Gasteiger partial charge in [0.2, 0.25) is 5.91 Å². The van der Waals surface area contributed by atoms with Crippen molar-refractivity contribution in [3.05, 3.63) is 68.5 Å². The largest absolute Gasteiger partial charge is 0.337 e. The van der Waals surface area contributed by atoms with Crippen molar-refractivity contribution in [2.24, 2.45) is 25.9 Å². The molecule has 3 heterocycles. The summed E-state index contributed by atoms with van der Waals surface area (Å²) < 4.78 is 2.19. The normalized spacial score (nSPS) is 23.3. The van der Waals surface area contributed by atoms with Gasteiger partial charge >= 0.3 is 5.69 Å². The van der Waals surface area contributed by atoms with Crippen molar-refractivity contribution < 1.29 is 9.59 Å². The first-order valence-corrected chi connectivity index (χ1v) is 9.68. The van der Waals surface area contributed by atoms with Gasteiger partial charge in [-0.3, -0.25) is 23.5 Å². The SMILES string of the molecule is CC(=O)N1C[C@H]2CN(C(=O)c3cc(=O)n(C)c(=O)n3C)C[C@H]2[C@@H]1c1ccccc1. The van der Waals surface area contributed by atoms with Gasteiger partial charge in [0.15, 0.2) is 0 Å². The molecule has 8 heteroatoms. The number of hydrogen-bond donors (Lipinski definition) is 0. The third-order valence-electron chi connectivity index (χ3n) is 6.24. The number of carbonyl (C=O) groups excluding carboxylic acids is 2. The molecule has 3 atom stereocenters. The second-order valence-corrected chi connectivity index (χ2v) is 7.93. The van der Waals surface area contributed by atoms with E-state index in [4.69, 9.17) is 0 Å². The molecule has 2 amide bonds. The Hall–Kier alpha value is -3.16. The van der Waals surface area contributed by atoms with E-state index in [1.807, 2.05) is 35.2 Å². The van der Waals surface area contributed by atoms with Crippen LogP contribution in [0.3, 0.4) is 0 Å². The Morgan fingerprint density at radius 3 is 2.31 bits per heavy atom. The minimum Gasteiger partial charge on any atom is -0.337 e. The fraction of sp³-hybridized carbons (Fsp3) is 0.429. The van der Waals surface area contributed by atoms with Gasteiger partial charge in [-0.2, -0.15) is 0 Å². The summed E-state index contributed by atoms with van der Waals surface area (Å²) in [5.41, 5.74) is 0.133. The number of hydrogen-bond acceptors (Lipinski definition) is 4. The smallest absolute Gasteiger partial charge is 0.331 e. The molecule has 0 N–H and O–H groups in total. The fourth-order valence-electron chi connectivity index (χ4n) is 4.71. The van der Waals surface area contributed by atoms with Crippen LogP contribution in [0.5, 0.6) is 0 Å². The summed E-state index contributed by atoms with van der Waals surface area (Å²) in [6.07, 6.45) is 0. The second-order valence-electron chi connectivity index (χ2n) is 7.93. The van der Waals surface area contributed by atoms with Crippen LogP contribution in [0.25, 0.3) is 0 Å². The average Bonchev–Trinajstić information content (AvgIpc) is 3.27. The Kier molecular flexibility index (Phi) is 4.64. The van der Waals surface area contributed by atoms with Gasteiger partial charge in [0.1, 0.15) is 5.69 Å². The predicted molar refractivity (Wildman–Crippen MR) is 106 cm³/mol. The molecule has 4 rings (SSSR count). The first-order chi connectivity index (χ1) is 13.8. The van der Waals surface area contributed by atoms with Gasteiger partial charge in [-0.15, -0.1) is 0 Å². The van der Waals surface area contributed by atoms with E-state index in [1.54, 1.807) is 11.8 Å². The lowest BCUT2D eigenvalue weighted by Gasteiger charge is -2.29. The lowest BCUT2D eigenvalue weighted by molar-refractivity contribution is -0.130. The molecule has 0 unspecified atom stereocenters. The van der Waals surface area contributed by atoms with Crippen LogP contribution in [0.15, 0.2) is 46.0 Å². The lowest BCUT2D eigenvalue weighted by Crippen LogP contribution is -2.42. The summed E-state index contributed by atoms with van der Waals surface area (Å²) in [5.74, 6) is -0.0107. The van der Waals surface area contributed by atoms with Crippen molar-refractivity contribution in [3.63, 3.8) is 0 Å².